The van der Waals surface area contributed by atoms with Crippen molar-refractivity contribution < 1.29 is 39.8 Å². The maximum absolute atomic E-state index is 13.1. The Kier molecular flexibility index (Phi) is 59.2. The Morgan fingerprint density at radius 1 is 0.407 bits per heavy atom. The molecule has 6 N–H and O–H groups in total. The number of allylic oxidation sites excluding steroid dienone is 3. The molecule has 1 heterocycles. The van der Waals surface area contributed by atoms with E-state index in [9.17, 15) is 30.3 Å². The summed E-state index contributed by atoms with van der Waals surface area (Å²) in [4.78, 5) is 13.1. The van der Waals surface area contributed by atoms with Gasteiger partial charge in [-0.25, -0.2) is 0 Å². The van der Waals surface area contributed by atoms with Gasteiger partial charge in [-0.15, -0.1) is 0 Å². The molecule has 1 rings (SSSR count). The van der Waals surface area contributed by atoms with Gasteiger partial charge in [-0.3, -0.25) is 4.79 Å². The van der Waals surface area contributed by atoms with Crippen molar-refractivity contribution in [2.75, 3.05) is 13.2 Å². The molecular weight excluding hydrogens is 1010 g/mol. The molecule has 0 bridgehead atoms. The minimum absolute atomic E-state index is 0.178. The summed E-state index contributed by atoms with van der Waals surface area (Å²) in [5, 5.41) is 54.7. The molecule has 1 amide bonds. The second-order valence-corrected chi connectivity index (χ2v) is 25.4. The first-order valence-electron chi connectivity index (χ1n) is 36.1. The molecule has 0 aromatic heterocycles. The van der Waals surface area contributed by atoms with Crippen LogP contribution in [0.2, 0.25) is 0 Å². The molecule has 1 saturated heterocycles. The van der Waals surface area contributed by atoms with Gasteiger partial charge >= 0.3 is 0 Å². The second kappa shape index (κ2) is 61.7. The quantitative estimate of drug-likeness (QED) is 0.0261. The summed E-state index contributed by atoms with van der Waals surface area (Å²) in [5.74, 6) is -0.178. The number of hydrogen-bond acceptors (Lipinski definition) is 8. The molecule has 0 aromatic carbocycles. The molecule has 7 unspecified atom stereocenters. The number of aliphatic hydroxyl groups excluding tert-OH is 5. The van der Waals surface area contributed by atoms with Crippen molar-refractivity contribution >= 4 is 5.91 Å². The fourth-order valence-corrected chi connectivity index (χ4v) is 11.9. The minimum Gasteiger partial charge on any atom is -0.394 e. The van der Waals surface area contributed by atoms with Crippen LogP contribution in [0, 0.1) is 0 Å². The third kappa shape index (κ3) is 50.5. The van der Waals surface area contributed by atoms with Gasteiger partial charge in [-0.05, 0) is 32.1 Å². The van der Waals surface area contributed by atoms with E-state index in [0.717, 1.165) is 38.5 Å². The van der Waals surface area contributed by atoms with Crippen LogP contribution < -0.4 is 5.32 Å². The van der Waals surface area contributed by atoms with E-state index in [0.29, 0.717) is 6.42 Å². The number of ether oxygens (including phenoxy) is 2. The van der Waals surface area contributed by atoms with Crippen LogP contribution in [0.3, 0.4) is 0 Å². The molecule has 480 valence electrons. The Hall–Kier alpha value is -1.33. The van der Waals surface area contributed by atoms with Crippen molar-refractivity contribution in [3.63, 3.8) is 0 Å². The second-order valence-electron chi connectivity index (χ2n) is 25.4. The van der Waals surface area contributed by atoms with Crippen LogP contribution in [0.5, 0.6) is 0 Å². The van der Waals surface area contributed by atoms with Gasteiger partial charge in [0.05, 0.1) is 25.4 Å². The van der Waals surface area contributed by atoms with Crippen molar-refractivity contribution in [1.29, 1.82) is 0 Å². The highest BCUT2D eigenvalue weighted by molar-refractivity contribution is 5.76. The zero-order valence-corrected chi connectivity index (χ0v) is 53.8. The number of carbonyl (C=O) groups excluding carboxylic acids is 1. The van der Waals surface area contributed by atoms with Crippen molar-refractivity contribution in [1.82, 2.24) is 5.32 Å². The van der Waals surface area contributed by atoms with Gasteiger partial charge in [0.2, 0.25) is 5.91 Å². The van der Waals surface area contributed by atoms with E-state index in [1.54, 1.807) is 6.08 Å². The average molecular weight is 1150 g/mol. The van der Waals surface area contributed by atoms with Crippen LogP contribution in [0.1, 0.15) is 373 Å². The van der Waals surface area contributed by atoms with Crippen molar-refractivity contribution in [3.05, 3.63) is 24.3 Å². The van der Waals surface area contributed by atoms with Crippen LogP contribution in [0.25, 0.3) is 0 Å². The number of carbonyl (C=O) groups is 1. The number of rotatable bonds is 64. The Labute approximate surface area is 502 Å². The van der Waals surface area contributed by atoms with E-state index in [4.69, 9.17) is 9.47 Å². The van der Waals surface area contributed by atoms with Gasteiger partial charge in [-0.1, -0.05) is 359 Å². The van der Waals surface area contributed by atoms with Crippen LogP contribution >= 0.6 is 0 Å². The van der Waals surface area contributed by atoms with E-state index in [1.165, 1.54) is 315 Å². The van der Waals surface area contributed by atoms with Gasteiger partial charge in [0.1, 0.15) is 24.4 Å². The molecule has 0 aromatic rings. The van der Waals surface area contributed by atoms with E-state index in [2.05, 4.69) is 31.3 Å². The predicted octanol–water partition coefficient (Wildman–Crippen LogP) is 19.6. The Balaban J connectivity index is 2.06. The molecule has 81 heavy (non-hydrogen) atoms. The fraction of sp³-hybridized carbons (Fsp3) is 0.931. The normalized spacial score (nSPS) is 18.4. The highest BCUT2D eigenvalue weighted by atomic mass is 16.7. The SMILES string of the molecule is CCCCCCCCCCCCCCCC/C=C/CC/C=C/C(O)C(COC1OC(CO)C(O)C(O)C1O)NC(=O)CCCCCCCCCCCCCCCCCCCCCCCCCCCCCCCCCCCCCCCC. The van der Waals surface area contributed by atoms with Gasteiger partial charge in [0, 0.05) is 6.42 Å². The van der Waals surface area contributed by atoms with Gasteiger partial charge in [0.15, 0.2) is 6.29 Å². The zero-order valence-electron chi connectivity index (χ0n) is 53.8. The first kappa shape index (κ1) is 77.7. The smallest absolute Gasteiger partial charge is 0.220 e. The van der Waals surface area contributed by atoms with E-state index in [-0.39, 0.29) is 12.5 Å². The molecule has 0 spiro atoms. The topological polar surface area (TPSA) is 149 Å². The lowest BCUT2D eigenvalue weighted by molar-refractivity contribution is -0.302. The molecule has 0 aliphatic carbocycles. The molecule has 0 radical (unpaired) electrons. The highest BCUT2D eigenvalue weighted by Gasteiger charge is 2.44. The lowest BCUT2D eigenvalue weighted by Crippen LogP contribution is -2.60. The summed E-state index contributed by atoms with van der Waals surface area (Å²) in [7, 11) is 0. The number of aliphatic hydroxyl groups is 5. The van der Waals surface area contributed by atoms with Crippen molar-refractivity contribution in [2.24, 2.45) is 0 Å². The van der Waals surface area contributed by atoms with Gasteiger partial charge in [-0.2, -0.15) is 0 Å². The maximum Gasteiger partial charge on any atom is 0.220 e. The van der Waals surface area contributed by atoms with E-state index < -0.39 is 49.5 Å². The largest absolute Gasteiger partial charge is 0.394 e. The molecule has 9 heteroatoms. The van der Waals surface area contributed by atoms with E-state index in [1.807, 2.05) is 6.08 Å². The summed E-state index contributed by atoms with van der Waals surface area (Å²) in [6, 6.07) is -0.820. The number of nitrogens with one attached hydrogen (secondary N) is 1. The lowest BCUT2D eigenvalue weighted by atomic mass is 9.99. The Morgan fingerprint density at radius 3 is 1.04 bits per heavy atom. The molecule has 0 saturated carbocycles. The minimum atomic E-state index is -1.57. The fourth-order valence-electron chi connectivity index (χ4n) is 11.9. The Morgan fingerprint density at radius 2 is 0.704 bits per heavy atom. The Bertz CT molecular complexity index is 1330. The van der Waals surface area contributed by atoms with Gasteiger partial charge in [0.25, 0.3) is 0 Å². The first-order chi connectivity index (χ1) is 39.8. The molecule has 1 fully saturated rings. The van der Waals surface area contributed by atoms with Crippen LogP contribution in [0.4, 0.5) is 0 Å². The highest BCUT2D eigenvalue weighted by Crippen LogP contribution is 2.24. The third-order valence-electron chi connectivity index (χ3n) is 17.5. The van der Waals surface area contributed by atoms with Crippen molar-refractivity contribution in [3.8, 4) is 0 Å². The molecule has 9 nitrogen and oxygen atoms in total. The van der Waals surface area contributed by atoms with Crippen LogP contribution in [-0.2, 0) is 14.3 Å². The lowest BCUT2D eigenvalue weighted by Gasteiger charge is -2.40. The molecule has 7 atom stereocenters. The number of hydrogen-bond donors (Lipinski definition) is 6. The standard InChI is InChI=1S/C72H139NO8/c1-3-5-7-9-11-13-15-17-19-21-23-25-26-27-28-29-30-31-32-33-34-35-36-37-38-39-40-41-42-44-46-48-50-52-54-56-58-60-62-68(76)73-65(64-80-72-71(79)70(78)69(77)67(63-74)81-72)66(75)61-59-57-55-53-51-49-47-45-43-24-22-20-18-16-14-12-10-8-6-4-2/h51,53,59,61,65-67,69-72,74-75,77-79H,3-50,52,54-58,60,62-64H2,1-2H3,(H,73,76)/b53-51+,61-59+. The molecule has 1 aliphatic heterocycles. The zero-order chi connectivity index (χ0) is 58.6. The molecule has 1 aliphatic rings. The monoisotopic (exact) mass is 1150 g/mol. The summed E-state index contributed by atoms with van der Waals surface area (Å²) in [6.07, 6.45) is 74.6. The van der Waals surface area contributed by atoms with Gasteiger partial charge < -0.3 is 40.3 Å². The third-order valence-corrected chi connectivity index (χ3v) is 17.5. The predicted molar refractivity (Wildman–Crippen MR) is 346 cm³/mol. The van der Waals surface area contributed by atoms with Crippen molar-refractivity contribution in [2.45, 2.75) is 416 Å². The molecular formula is C72H139NO8. The summed E-state index contributed by atoms with van der Waals surface area (Å²) in [5.41, 5.74) is 0. The summed E-state index contributed by atoms with van der Waals surface area (Å²) >= 11 is 0. The summed E-state index contributed by atoms with van der Waals surface area (Å²) in [6.45, 7) is 3.82. The maximum atomic E-state index is 13.1. The number of unbranched alkanes of at least 4 members (excludes halogenated alkanes) is 52. The first-order valence-corrected chi connectivity index (χ1v) is 36.1. The van der Waals surface area contributed by atoms with E-state index >= 15 is 0 Å². The summed E-state index contributed by atoms with van der Waals surface area (Å²) < 4.78 is 11.3. The van der Waals surface area contributed by atoms with Crippen LogP contribution in [0.15, 0.2) is 24.3 Å². The average Bonchev–Trinajstić information content (AvgIpc) is 3.47. The number of amides is 1. The van der Waals surface area contributed by atoms with Crippen LogP contribution in [-0.4, -0.2) is 87.5 Å².